The van der Waals surface area contributed by atoms with E-state index >= 15 is 0 Å². The van der Waals surface area contributed by atoms with Crippen LogP contribution in [-0.2, 0) is 0 Å². The molecule has 0 saturated carbocycles. The van der Waals surface area contributed by atoms with E-state index in [1.807, 2.05) is 12.3 Å². The van der Waals surface area contributed by atoms with Crippen LogP contribution in [0.3, 0.4) is 0 Å². The molecule has 8 heteroatoms. The van der Waals surface area contributed by atoms with Crippen LogP contribution in [0.25, 0.3) is 10.9 Å². The van der Waals surface area contributed by atoms with Crippen molar-refractivity contribution in [1.82, 2.24) is 15.3 Å². The molecule has 0 aliphatic heterocycles. The Morgan fingerprint density at radius 2 is 2.17 bits per heavy atom. The van der Waals surface area contributed by atoms with Crippen LogP contribution in [0.5, 0.6) is 0 Å². The fourth-order valence-corrected chi connectivity index (χ4v) is 3.25. The van der Waals surface area contributed by atoms with Gasteiger partial charge in [-0.25, -0.2) is 4.98 Å². The minimum absolute atomic E-state index is 0.0679. The molecular weight excluding hydrogens is 328 g/mol. The molecule has 0 bridgehead atoms. The zero-order chi connectivity index (χ0) is 17.1. The number of benzene rings is 1. The zero-order valence-electron chi connectivity index (χ0n) is 12.8. The normalized spacial score (nSPS) is 12.0. The summed E-state index contributed by atoms with van der Waals surface area (Å²) in [6.45, 7) is 1.96. The Kier molecular flexibility index (Phi) is 4.48. The first-order valence-electron chi connectivity index (χ1n) is 7.34. The molecule has 1 aromatic carbocycles. The van der Waals surface area contributed by atoms with E-state index in [4.69, 9.17) is 0 Å². The van der Waals surface area contributed by atoms with Crippen molar-refractivity contribution in [2.45, 2.75) is 19.4 Å². The van der Waals surface area contributed by atoms with Gasteiger partial charge in [0.05, 0.1) is 27.4 Å². The number of nitro groups is 1. The summed E-state index contributed by atoms with van der Waals surface area (Å²) in [5, 5.41) is 17.1. The third kappa shape index (κ3) is 2.95. The molecule has 1 N–H and O–H groups in total. The molecule has 7 nitrogen and oxygen atoms in total. The first-order valence-corrected chi connectivity index (χ1v) is 8.22. The minimum atomic E-state index is -0.476. The Balaban J connectivity index is 1.99. The zero-order valence-corrected chi connectivity index (χ0v) is 13.6. The highest BCUT2D eigenvalue weighted by Crippen LogP contribution is 2.27. The van der Waals surface area contributed by atoms with Crippen LogP contribution in [0.2, 0.25) is 0 Å². The lowest BCUT2D eigenvalue weighted by molar-refractivity contribution is -0.383. The van der Waals surface area contributed by atoms with Crippen molar-refractivity contribution < 1.29 is 9.72 Å². The molecule has 1 atom stereocenters. The molecule has 0 fully saturated rings. The monoisotopic (exact) mass is 342 g/mol. The van der Waals surface area contributed by atoms with Gasteiger partial charge in [-0.3, -0.25) is 19.9 Å². The first-order chi connectivity index (χ1) is 11.6. The smallest absolute Gasteiger partial charge is 0.278 e. The second kappa shape index (κ2) is 6.71. The van der Waals surface area contributed by atoms with E-state index in [0.29, 0.717) is 22.9 Å². The van der Waals surface area contributed by atoms with E-state index in [1.165, 1.54) is 29.7 Å². The summed E-state index contributed by atoms with van der Waals surface area (Å²) < 4.78 is 0. The Morgan fingerprint density at radius 3 is 2.83 bits per heavy atom. The van der Waals surface area contributed by atoms with Gasteiger partial charge in [-0.15, -0.1) is 11.3 Å². The van der Waals surface area contributed by atoms with Crippen molar-refractivity contribution in [2.75, 3.05) is 0 Å². The quantitative estimate of drug-likeness (QED) is 0.565. The number of amides is 1. The highest BCUT2D eigenvalue weighted by Gasteiger charge is 2.21. The fourth-order valence-electron chi connectivity index (χ4n) is 2.48. The number of pyridine rings is 1. The average molecular weight is 342 g/mol. The third-order valence-electron chi connectivity index (χ3n) is 3.65. The lowest BCUT2D eigenvalue weighted by atomic mass is 10.1. The molecule has 0 aliphatic carbocycles. The number of carbonyl (C=O) groups excluding carboxylic acids is 1. The number of thiazole rings is 1. The van der Waals surface area contributed by atoms with Gasteiger partial charge in [0.1, 0.15) is 5.01 Å². The van der Waals surface area contributed by atoms with Gasteiger partial charge >= 0.3 is 0 Å². The molecule has 0 spiro atoms. The molecule has 2 aromatic heterocycles. The Hall–Kier alpha value is -2.87. The van der Waals surface area contributed by atoms with Crippen LogP contribution in [-0.4, -0.2) is 20.8 Å². The highest BCUT2D eigenvalue weighted by atomic mass is 32.1. The number of nitrogens with zero attached hydrogens (tertiary/aromatic N) is 3. The van der Waals surface area contributed by atoms with E-state index in [1.54, 1.807) is 18.3 Å². The molecule has 3 aromatic rings. The molecule has 0 radical (unpaired) electrons. The molecule has 0 unspecified atom stereocenters. The van der Waals surface area contributed by atoms with E-state index in [-0.39, 0.29) is 17.6 Å². The summed E-state index contributed by atoms with van der Waals surface area (Å²) in [5.41, 5.74) is 0.561. The maximum absolute atomic E-state index is 12.7. The summed E-state index contributed by atoms with van der Waals surface area (Å²) >= 11 is 1.47. The molecule has 3 rings (SSSR count). The summed E-state index contributed by atoms with van der Waals surface area (Å²) in [4.78, 5) is 31.7. The van der Waals surface area contributed by atoms with Crippen molar-refractivity contribution in [1.29, 1.82) is 0 Å². The summed E-state index contributed by atoms with van der Waals surface area (Å²) in [6.07, 6.45) is 3.90. The summed E-state index contributed by atoms with van der Waals surface area (Å²) in [7, 11) is 0. The highest BCUT2D eigenvalue weighted by molar-refractivity contribution is 7.09. The number of carbonyl (C=O) groups is 1. The van der Waals surface area contributed by atoms with Gasteiger partial charge in [0.25, 0.3) is 11.6 Å². The van der Waals surface area contributed by atoms with Crippen LogP contribution in [0.4, 0.5) is 5.69 Å². The number of hydrogen-bond donors (Lipinski definition) is 1. The van der Waals surface area contributed by atoms with Gasteiger partial charge < -0.3 is 5.32 Å². The van der Waals surface area contributed by atoms with Crippen LogP contribution >= 0.6 is 11.3 Å². The van der Waals surface area contributed by atoms with Gasteiger partial charge in [-0.2, -0.15) is 0 Å². The molecule has 122 valence electrons. The third-order valence-corrected chi connectivity index (χ3v) is 4.54. The Morgan fingerprint density at radius 1 is 1.33 bits per heavy atom. The number of rotatable bonds is 5. The SMILES string of the molecule is CC[C@@H](NC(=O)c1ccc([N+](=O)[O-])c2cccnc12)c1nccs1. The summed E-state index contributed by atoms with van der Waals surface area (Å²) in [5.74, 6) is -0.323. The molecule has 0 saturated heterocycles. The van der Waals surface area contributed by atoms with Crippen molar-refractivity contribution in [3.8, 4) is 0 Å². The van der Waals surface area contributed by atoms with E-state index in [9.17, 15) is 14.9 Å². The lowest BCUT2D eigenvalue weighted by Gasteiger charge is -2.15. The van der Waals surface area contributed by atoms with Crippen molar-refractivity contribution in [3.05, 3.63) is 62.7 Å². The molecule has 2 heterocycles. The molecule has 24 heavy (non-hydrogen) atoms. The predicted molar refractivity (Wildman–Crippen MR) is 91.0 cm³/mol. The summed E-state index contributed by atoms with van der Waals surface area (Å²) in [6, 6.07) is 5.78. The van der Waals surface area contributed by atoms with Gasteiger partial charge in [0.15, 0.2) is 0 Å². The molecule has 0 aliphatic rings. The lowest BCUT2D eigenvalue weighted by Crippen LogP contribution is -2.28. The van der Waals surface area contributed by atoms with E-state index in [2.05, 4.69) is 15.3 Å². The van der Waals surface area contributed by atoms with Gasteiger partial charge in [0, 0.05) is 23.8 Å². The maximum atomic E-state index is 12.7. The van der Waals surface area contributed by atoms with Gasteiger partial charge in [0.2, 0.25) is 0 Å². The van der Waals surface area contributed by atoms with Gasteiger partial charge in [-0.05, 0) is 24.6 Å². The average Bonchev–Trinajstić information content (AvgIpc) is 3.12. The molecular formula is C16H14N4O3S. The largest absolute Gasteiger partial charge is 0.343 e. The first kappa shape index (κ1) is 16.0. The van der Waals surface area contributed by atoms with Crippen molar-refractivity contribution >= 4 is 33.8 Å². The minimum Gasteiger partial charge on any atom is -0.343 e. The van der Waals surface area contributed by atoms with Gasteiger partial charge in [-0.1, -0.05) is 6.92 Å². The number of non-ortho nitro benzene ring substituents is 1. The van der Waals surface area contributed by atoms with Crippen molar-refractivity contribution in [3.63, 3.8) is 0 Å². The van der Waals surface area contributed by atoms with E-state index < -0.39 is 4.92 Å². The second-order valence-electron chi connectivity index (χ2n) is 5.09. The number of nitrogens with one attached hydrogen (secondary N) is 1. The second-order valence-corrected chi connectivity index (χ2v) is 6.02. The molecule has 1 amide bonds. The number of nitro benzene ring substituents is 1. The number of fused-ring (bicyclic) bond motifs is 1. The number of hydrogen-bond acceptors (Lipinski definition) is 6. The Labute approximate surface area is 141 Å². The van der Waals surface area contributed by atoms with Crippen LogP contribution in [0.15, 0.2) is 42.0 Å². The van der Waals surface area contributed by atoms with Crippen LogP contribution < -0.4 is 5.32 Å². The van der Waals surface area contributed by atoms with E-state index in [0.717, 1.165) is 5.01 Å². The topological polar surface area (TPSA) is 98.0 Å². The fraction of sp³-hybridized carbons (Fsp3) is 0.188. The predicted octanol–water partition coefficient (Wildman–Crippen LogP) is 3.48. The standard InChI is InChI=1S/C16H14N4O3S/c1-2-12(16-18-8-9-24-16)19-15(21)11-5-6-13(20(22)23)10-4-3-7-17-14(10)11/h3-9,12H,2H2,1H3,(H,19,21)/t12-/m1/s1. The Bertz CT molecular complexity index is 895. The van der Waals surface area contributed by atoms with Crippen molar-refractivity contribution in [2.24, 2.45) is 0 Å². The van der Waals surface area contributed by atoms with Crippen LogP contribution in [0, 0.1) is 10.1 Å². The maximum Gasteiger partial charge on any atom is 0.278 e. The number of aromatic nitrogens is 2. The van der Waals surface area contributed by atoms with Crippen LogP contribution in [0.1, 0.15) is 34.8 Å².